The van der Waals surface area contributed by atoms with Crippen LogP contribution in [0, 0.1) is 0 Å². The van der Waals surface area contributed by atoms with E-state index in [1.54, 1.807) is 6.08 Å². The van der Waals surface area contributed by atoms with E-state index in [0.29, 0.717) is 5.57 Å². The van der Waals surface area contributed by atoms with E-state index in [1.807, 2.05) is 0 Å². The topological polar surface area (TPSA) is 125 Å². The molecule has 2 fully saturated rings. The summed E-state index contributed by atoms with van der Waals surface area (Å²) < 4.78 is 14.2. The van der Waals surface area contributed by atoms with Gasteiger partial charge in [-0.15, -0.1) is 23.2 Å². The largest absolute Gasteiger partial charge is 0.507 e. The van der Waals surface area contributed by atoms with Crippen LogP contribution in [0.25, 0.3) is 0 Å². The number of nitrogens with zero attached hydrogens (tertiary/aromatic N) is 4. The second-order valence-corrected chi connectivity index (χ2v) is 10.1. The summed E-state index contributed by atoms with van der Waals surface area (Å²) in [7, 11) is 5.41. The van der Waals surface area contributed by atoms with Crippen LogP contribution in [0.2, 0.25) is 0 Å². The molecule has 1 aromatic heterocycles. The third-order valence-electron chi connectivity index (χ3n) is 7.31. The van der Waals surface area contributed by atoms with E-state index in [-0.39, 0.29) is 35.8 Å². The van der Waals surface area contributed by atoms with Crippen molar-refractivity contribution in [3.63, 3.8) is 0 Å². The van der Waals surface area contributed by atoms with Crippen molar-refractivity contribution in [2.45, 2.75) is 34.7 Å². The van der Waals surface area contributed by atoms with Gasteiger partial charge < -0.3 is 14.6 Å². The molecule has 35 heavy (non-hydrogen) atoms. The Bertz CT molecular complexity index is 1460. The molecular formula is C22H22Cl2N4O7. The first-order valence-corrected chi connectivity index (χ1v) is 11.4. The third-order valence-corrected chi connectivity index (χ3v) is 8.72. The van der Waals surface area contributed by atoms with E-state index in [2.05, 4.69) is 0 Å². The zero-order chi connectivity index (χ0) is 25.6. The monoisotopic (exact) mass is 524 g/mol. The second kappa shape index (κ2) is 7.41. The summed E-state index contributed by atoms with van der Waals surface area (Å²) in [6, 6.07) is 1.94. The number of amides is 2. The summed E-state index contributed by atoms with van der Waals surface area (Å²) in [4.78, 5) is 49.4. The molecule has 0 spiro atoms. The molecule has 186 valence electrons. The van der Waals surface area contributed by atoms with Crippen molar-refractivity contribution in [3.05, 3.63) is 50.3 Å². The van der Waals surface area contributed by atoms with Crippen molar-refractivity contribution >= 4 is 35.0 Å². The van der Waals surface area contributed by atoms with Crippen LogP contribution in [-0.4, -0.2) is 66.8 Å². The summed E-state index contributed by atoms with van der Waals surface area (Å²) in [5.41, 5.74) is -0.577. The number of methoxy groups -OCH3 is 2. The van der Waals surface area contributed by atoms with Crippen LogP contribution < -0.4 is 20.9 Å². The molecule has 1 saturated heterocycles. The number of likely N-dealkylation sites (tertiary alicyclic amines) is 1. The van der Waals surface area contributed by atoms with Crippen molar-refractivity contribution in [2.24, 2.45) is 7.05 Å². The van der Waals surface area contributed by atoms with Gasteiger partial charge in [-0.25, -0.2) is 23.5 Å². The maximum Gasteiger partial charge on any atom is 0.347 e. The van der Waals surface area contributed by atoms with E-state index in [0.717, 1.165) is 9.47 Å². The average molecular weight is 525 g/mol. The number of fused-ring (bicyclic) bond motifs is 4. The predicted octanol–water partition coefficient (Wildman–Crippen LogP) is 0.694. The van der Waals surface area contributed by atoms with Gasteiger partial charge in [-0.1, -0.05) is 6.08 Å². The molecule has 5 rings (SSSR count). The number of carbonyl (C=O) groups is 2. The highest BCUT2D eigenvalue weighted by Crippen LogP contribution is 2.65. The first-order valence-electron chi connectivity index (χ1n) is 10.7. The number of imide groups is 1. The van der Waals surface area contributed by atoms with Crippen molar-refractivity contribution in [1.82, 2.24) is 18.8 Å². The molecule has 3 heterocycles. The molecule has 0 unspecified atom stereocenters. The standard InChI is InChI=1S/C22H22Cl2N4O7/c1-25-17(30)21(23)9-12-11(5-6-27-19(32)26(2)20(33)28(12)27)16(22(21,24)18(25)31)15-13(29)7-10(34-3)8-14(15)35-4/h5,7-8,12,16,29H,6,9H2,1-4H3/t12-,16-,21-,22+/m1/s1. The fourth-order valence-corrected chi connectivity index (χ4v) is 6.58. The second-order valence-electron chi connectivity index (χ2n) is 8.85. The smallest absolute Gasteiger partial charge is 0.347 e. The molecule has 3 aliphatic rings. The Kier molecular flexibility index (Phi) is 4.99. The van der Waals surface area contributed by atoms with Gasteiger partial charge in [-0.3, -0.25) is 14.5 Å². The van der Waals surface area contributed by atoms with E-state index in [9.17, 15) is 24.3 Å². The molecule has 13 heteroatoms. The lowest BCUT2D eigenvalue weighted by atomic mass is 9.64. The Labute approximate surface area is 208 Å². The van der Waals surface area contributed by atoms with Crippen LogP contribution in [0.15, 0.2) is 33.4 Å². The molecule has 1 saturated carbocycles. The number of phenolic OH excluding ortho intramolecular Hbond substituents is 1. The van der Waals surface area contributed by atoms with Gasteiger partial charge in [0, 0.05) is 44.1 Å². The zero-order valence-corrected chi connectivity index (χ0v) is 20.8. The molecule has 2 aromatic rings. The van der Waals surface area contributed by atoms with E-state index < -0.39 is 44.9 Å². The number of ether oxygens (including phenoxy) is 2. The first-order chi connectivity index (χ1) is 16.4. The lowest BCUT2D eigenvalue weighted by molar-refractivity contribution is -0.137. The van der Waals surface area contributed by atoms with Crippen LogP contribution in [0.1, 0.15) is 23.9 Å². The van der Waals surface area contributed by atoms with Crippen molar-refractivity contribution in [3.8, 4) is 17.2 Å². The highest BCUT2D eigenvalue weighted by atomic mass is 35.5. The number of alkyl halides is 2. The number of benzene rings is 1. The summed E-state index contributed by atoms with van der Waals surface area (Å²) in [6.07, 6.45) is 1.45. The van der Waals surface area contributed by atoms with Crippen molar-refractivity contribution in [1.29, 1.82) is 0 Å². The first kappa shape index (κ1) is 23.6. The van der Waals surface area contributed by atoms with Gasteiger partial charge in [-0.05, 0) is 5.57 Å². The molecule has 2 aliphatic heterocycles. The molecule has 1 aliphatic carbocycles. The number of phenols is 1. The molecule has 11 nitrogen and oxygen atoms in total. The van der Waals surface area contributed by atoms with E-state index in [4.69, 9.17) is 32.7 Å². The van der Waals surface area contributed by atoms with Crippen LogP contribution in [0.4, 0.5) is 0 Å². The van der Waals surface area contributed by atoms with Crippen LogP contribution >= 0.6 is 23.2 Å². The summed E-state index contributed by atoms with van der Waals surface area (Å²) in [6.45, 7) is 0.0106. The normalized spacial score (nSPS) is 29.4. The molecule has 0 bridgehead atoms. The van der Waals surface area contributed by atoms with Crippen molar-refractivity contribution < 1.29 is 24.2 Å². The number of hydrogen-bond acceptors (Lipinski definition) is 7. The van der Waals surface area contributed by atoms with Gasteiger partial charge in [0.2, 0.25) is 0 Å². The average Bonchev–Trinajstić information content (AvgIpc) is 3.13. The Morgan fingerprint density at radius 1 is 1.03 bits per heavy atom. The predicted molar refractivity (Wildman–Crippen MR) is 125 cm³/mol. The van der Waals surface area contributed by atoms with Crippen molar-refractivity contribution in [2.75, 3.05) is 21.3 Å². The van der Waals surface area contributed by atoms with Gasteiger partial charge >= 0.3 is 11.4 Å². The quantitative estimate of drug-likeness (QED) is 0.355. The minimum atomic E-state index is -2.05. The van der Waals surface area contributed by atoms with Crippen LogP contribution in [0.5, 0.6) is 17.2 Å². The number of rotatable bonds is 3. The molecular weight excluding hydrogens is 503 g/mol. The maximum atomic E-state index is 13.5. The summed E-state index contributed by atoms with van der Waals surface area (Å²) in [5.74, 6) is -2.54. The van der Waals surface area contributed by atoms with E-state index in [1.165, 1.54) is 49.8 Å². The van der Waals surface area contributed by atoms with Gasteiger partial charge in [0.1, 0.15) is 17.2 Å². The Morgan fingerprint density at radius 3 is 2.34 bits per heavy atom. The summed E-state index contributed by atoms with van der Waals surface area (Å²) >= 11 is 14.1. The molecule has 1 aromatic carbocycles. The Balaban J connectivity index is 1.86. The molecule has 1 N–H and O–H groups in total. The highest BCUT2D eigenvalue weighted by molar-refractivity contribution is 6.53. The third kappa shape index (κ3) is 2.68. The summed E-state index contributed by atoms with van der Waals surface area (Å²) in [5, 5.41) is 11.1. The number of aromatic nitrogens is 3. The van der Waals surface area contributed by atoms with Gasteiger partial charge in [0.05, 0.1) is 26.8 Å². The molecule has 2 amide bonds. The number of halogens is 2. The van der Waals surface area contributed by atoms with Gasteiger partial charge in [0.25, 0.3) is 11.8 Å². The van der Waals surface area contributed by atoms with Crippen LogP contribution in [0.3, 0.4) is 0 Å². The minimum absolute atomic E-state index is 0.0106. The minimum Gasteiger partial charge on any atom is -0.507 e. The molecule has 0 radical (unpaired) electrons. The van der Waals surface area contributed by atoms with Crippen LogP contribution in [-0.2, 0) is 23.2 Å². The SMILES string of the molecule is COc1cc(O)c([C@H]2C3=CCn4c(=O)n(C)c(=O)n4[C@@H]3C[C@@]3(Cl)C(=O)N(C)C(=O)[C@@]23Cl)c(OC)c1. The molecule has 4 atom stereocenters. The van der Waals surface area contributed by atoms with E-state index >= 15 is 0 Å². The van der Waals surface area contributed by atoms with Gasteiger partial charge in [0.15, 0.2) is 9.75 Å². The highest BCUT2D eigenvalue weighted by Gasteiger charge is 2.75. The number of allylic oxidation sites excluding steroid dienone is 2. The Morgan fingerprint density at radius 2 is 1.71 bits per heavy atom. The lowest BCUT2D eigenvalue weighted by Gasteiger charge is -2.49. The number of hydrogen-bond donors (Lipinski definition) is 1. The number of carbonyl (C=O) groups excluding carboxylic acids is 2. The zero-order valence-electron chi connectivity index (χ0n) is 19.2. The Hall–Kier alpha value is -3.18. The fourth-order valence-electron chi connectivity index (χ4n) is 5.60. The maximum absolute atomic E-state index is 13.5. The fraction of sp³-hybridized carbons (Fsp3) is 0.455. The number of aromatic hydroxyl groups is 1. The van der Waals surface area contributed by atoms with Gasteiger partial charge in [-0.2, -0.15) is 0 Å². The lowest BCUT2D eigenvalue weighted by Crippen LogP contribution is -2.59.